The number of amides is 2. The Morgan fingerprint density at radius 3 is 2.48 bits per heavy atom. The summed E-state index contributed by atoms with van der Waals surface area (Å²) in [6.07, 6.45) is 1.68. The van der Waals surface area contributed by atoms with E-state index in [1.54, 1.807) is 7.11 Å². The first kappa shape index (κ1) is 17.0. The number of aryl methyl sites for hydroxylation is 1. The van der Waals surface area contributed by atoms with E-state index in [4.69, 9.17) is 10.5 Å². The maximum Gasteiger partial charge on any atom is 0.239 e. The summed E-state index contributed by atoms with van der Waals surface area (Å²) < 4.78 is 5.10. The lowest BCUT2D eigenvalue weighted by molar-refractivity contribution is -0.125. The number of hydrogen-bond donors (Lipinski definition) is 3. The largest absolute Gasteiger partial charge is 0.497 e. The van der Waals surface area contributed by atoms with Gasteiger partial charge in [0.15, 0.2) is 0 Å². The molecule has 0 saturated carbocycles. The summed E-state index contributed by atoms with van der Waals surface area (Å²) in [5.41, 5.74) is 6.33. The summed E-state index contributed by atoms with van der Waals surface area (Å²) >= 11 is 0. The second-order valence-electron chi connectivity index (χ2n) is 4.84. The van der Waals surface area contributed by atoms with Crippen LogP contribution in [-0.4, -0.2) is 38.1 Å². The Labute approximate surface area is 125 Å². The highest BCUT2D eigenvalue weighted by molar-refractivity contribution is 5.85. The third kappa shape index (κ3) is 6.76. The Balaban J connectivity index is 2.27. The maximum atomic E-state index is 11.6. The molecule has 0 bridgehead atoms. The first-order valence-electron chi connectivity index (χ1n) is 6.94. The van der Waals surface area contributed by atoms with Gasteiger partial charge in [-0.3, -0.25) is 9.59 Å². The van der Waals surface area contributed by atoms with Crippen molar-refractivity contribution < 1.29 is 14.3 Å². The summed E-state index contributed by atoms with van der Waals surface area (Å²) in [5, 5.41) is 5.27. The summed E-state index contributed by atoms with van der Waals surface area (Å²) in [6.45, 7) is 1.79. The van der Waals surface area contributed by atoms with Gasteiger partial charge in [-0.05, 0) is 37.5 Å². The van der Waals surface area contributed by atoms with Crippen LogP contribution in [0.3, 0.4) is 0 Å². The molecular weight excluding hydrogens is 270 g/mol. The topological polar surface area (TPSA) is 93.5 Å². The van der Waals surface area contributed by atoms with Gasteiger partial charge >= 0.3 is 0 Å². The van der Waals surface area contributed by atoms with Crippen molar-refractivity contribution in [3.8, 4) is 5.75 Å². The zero-order valence-corrected chi connectivity index (χ0v) is 12.5. The predicted molar refractivity (Wildman–Crippen MR) is 81.0 cm³/mol. The molecule has 1 unspecified atom stereocenters. The number of nitrogens with one attached hydrogen (secondary N) is 2. The molecule has 0 saturated heterocycles. The monoisotopic (exact) mass is 293 g/mol. The smallest absolute Gasteiger partial charge is 0.239 e. The van der Waals surface area contributed by atoms with Gasteiger partial charge in [-0.15, -0.1) is 0 Å². The van der Waals surface area contributed by atoms with Crippen molar-refractivity contribution in [1.82, 2.24) is 10.6 Å². The van der Waals surface area contributed by atoms with Crippen LogP contribution in [0.25, 0.3) is 0 Å². The number of rotatable bonds is 8. The lowest BCUT2D eigenvalue weighted by atomic mass is 10.1. The second kappa shape index (κ2) is 8.97. The van der Waals surface area contributed by atoms with E-state index < -0.39 is 0 Å². The fourth-order valence-electron chi connectivity index (χ4n) is 1.82. The van der Waals surface area contributed by atoms with Crippen LogP contribution in [-0.2, 0) is 16.0 Å². The number of methoxy groups -OCH3 is 1. The van der Waals surface area contributed by atoms with E-state index in [1.807, 2.05) is 31.2 Å². The average Bonchev–Trinajstić information content (AvgIpc) is 2.51. The Morgan fingerprint density at radius 2 is 1.90 bits per heavy atom. The molecular formula is C15H23N3O3. The molecule has 1 aromatic rings. The zero-order chi connectivity index (χ0) is 15.7. The van der Waals surface area contributed by atoms with Crippen LogP contribution in [0.15, 0.2) is 24.3 Å². The van der Waals surface area contributed by atoms with Crippen LogP contribution in [0.5, 0.6) is 5.75 Å². The molecule has 0 spiro atoms. The number of nitrogens with two attached hydrogens (primary N) is 1. The fraction of sp³-hybridized carbons (Fsp3) is 0.467. The van der Waals surface area contributed by atoms with Crippen LogP contribution >= 0.6 is 0 Å². The van der Waals surface area contributed by atoms with Crippen LogP contribution < -0.4 is 21.1 Å². The lowest BCUT2D eigenvalue weighted by Crippen LogP contribution is -2.42. The Bertz CT molecular complexity index is 460. The van der Waals surface area contributed by atoms with Crippen molar-refractivity contribution >= 4 is 11.8 Å². The number of carbonyl (C=O) groups excluding carboxylic acids is 2. The average molecular weight is 293 g/mol. The standard InChI is InChI=1S/C15H23N3O3/c1-11(18-15(20)10-17-14(19)9-16)3-4-12-5-7-13(21-2)8-6-12/h5-8,11H,3-4,9-10,16H2,1-2H3,(H,17,19)(H,18,20). The molecule has 1 atom stereocenters. The van der Waals surface area contributed by atoms with Gasteiger partial charge in [0, 0.05) is 6.04 Å². The molecule has 0 aliphatic rings. The Hall–Kier alpha value is -2.08. The molecule has 0 aliphatic carbocycles. The first-order chi connectivity index (χ1) is 10.0. The molecule has 0 aliphatic heterocycles. The number of hydrogen-bond acceptors (Lipinski definition) is 4. The van der Waals surface area contributed by atoms with E-state index in [-0.39, 0.29) is 30.9 Å². The molecule has 1 rings (SSSR count). The number of ether oxygens (including phenoxy) is 1. The molecule has 0 aromatic heterocycles. The van der Waals surface area contributed by atoms with Crippen LogP contribution in [0.2, 0.25) is 0 Å². The summed E-state index contributed by atoms with van der Waals surface area (Å²) in [5.74, 6) is 0.283. The molecule has 4 N–H and O–H groups in total. The van der Waals surface area contributed by atoms with Gasteiger partial charge in [-0.2, -0.15) is 0 Å². The molecule has 6 heteroatoms. The van der Waals surface area contributed by atoms with Crippen molar-refractivity contribution in [2.24, 2.45) is 5.73 Å². The summed E-state index contributed by atoms with van der Waals surface area (Å²) in [6, 6.07) is 7.89. The first-order valence-corrected chi connectivity index (χ1v) is 6.94. The normalized spacial score (nSPS) is 11.6. The maximum absolute atomic E-state index is 11.6. The molecule has 6 nitrogen and oxygen atoms in total. The summed E-state index contributed by atoms with van der Waals surface area (Å²) in [7, 11) is 1.63. The minimum absolute atomic E-state index is 0.0365. The fourth-order valence-corrected chi connectivity index (χ4v) is 1.82. The highest BCUT2D eigenvalue weighted by Gasteiger charge is 2.08. The quantitative estimate of drug-likeness (QED) is 0.638. The van der Waals surface area contributed by atoms with Crippen molar-refractivity contribution in [1.29, 1.82) is 0 Å². The zero-order valence-electron chi connectivity index (χ0n) is 12.5. The van der Waals surface area contributed by atoms with Crippen LogP contribution in [0.1, 0.15) is 18.9 Å². The third-order valence-electron chi connectivity index (χ3n) is 3.06. The van der Waals surface area contributed by atoms with E-state index in [0.717, 1.165) is 18.6 Å². The van der Waals surface area contributed by atoms with Gasteiger partial charge in [0.05, 0.1) is 20.2 Å². The van der Waals surface area contributed by atoms with Gasteiger partial charge < -0.3 is 21.1 Å². The molecule has 2 amide bonds. The molecule has 116 valence electrons. The van der Waals surface area contributed by atoms with Gasteiger partial charge in [-0.1, -0.05) is 12.1 Å². The van der Waals surface area contributed by atoms with Gasteiger partial charge in [0.1, 0.15) is 5.75 Å². The lowest BCUT2D eigenvalue weighted by Gasteiger charge is -2.14. The molecule has 1 aromatic carbocycles. The third-order valence-corrected chi connectivity index (χ3v) is 3.06. The number of carbonyl (C=O) groups is 2. The van der Waals surface area contributed by atoms with Crippen molar-refractivity contribution in [3.05, 3.63) is 29.8 Å². The van der Waals surface area contributed by atoms with Crippen LogP contribution in [0.4, 0.5) is 0 Å². The van der Waals surface area contributed by atoms with Gasteiger partial charge in [0.25, 0.3) is 0 Å². The van der Waals surface area contributed by atoms with E-state index in [1.165, 1.54) is 5.56 Å². The second-order valence-corrected chi connectivity index (χ2v) is 4.84. The van der Waals surface area contributed by atoms with E-state index in [2.05, 4.69) is 10.6 Å². The number of benzene rings is 1. The Kier molecular flexibility index (Phi) is 7.25. The molecule has 21 heavy (non-hydrogen) atoms. The van der Waals surface area contributed by atoms with Crippen LogP contribution in [0, 0.1) is 0 Å². The highest BCUT2D eigenvalue weighted by atomic mass is 16.5. The van der Waals surface area contributed by atoms with Gasteiger partial charge in [0.2, 0.25) is 11.8 Å². The van der Waals surface area contributed by atoms with Crippen molar-refractivity contribution in [3.63, 3.8) is 0 Å². The summed E-state index contributed by atoms with van der Waals surface area (Å²) in [4.78, 5) is 22.5. The molecule has 0 heterocycles. The van der Waals surface area contributed by atoms with Crippen molar-refractivity contribution in [2.75, 3.05) is 20.2 Å². The van der Waals surface area contributed by atoms with E-state index in [9.17, 15) is 9.59 Å². The van der Waals surface area contributed by atoms with E-state index >= 15 is 0 Å². The van der Waals surface area contributed by atoms with Crippen molar-refractivity contribution in [2.45, 2.75) is 25.8 Å². The molecule has 0 fully saturated rings. The molecule has 0 radical (unpaired) electrons. The highest BCUT2D eigenvalue weighted by Crippen LogP contribution is 2.13. The van der Waals surface area contributed by atoms with E-state index in [0.29, 0.717) is 0 Å². The Morgan fingerprint density at radius 1 is 1.24 bits per heavy atom. The predicted octanol–water partition coefficient (Wildman–Crippen LogP) is 0.207. The van der Waals surface area contributed by atoms with Gasteiger partial charge in [-0.25, -0.2) is 0 Å². The SMILES string of the molecule is COc1ccc(CCC(C)NC(=O)CNC(=O)CN)cc1. The minimum atomic E-state index is -0.337. The minimum Gasteiger partial charge on any atom is -0.497 e.